The van der Waals surface area contributed by atoms with E-state index >= 15 is 0 Å². The molecule has 0 fully saturated rings. The van der Waals surface area contributed by atoms with Crippen molar-refractivity contribution in [2.75, 3.05) is 5.43 Å². The number of anilines is 1. The van der Waals surface area contributed by atoms with Gasteiger partial charge in [-0.05, 0) is 6.07 Å². The molecule has 0 aliphatic carbocycles. The molecule has 0 spiro atoms. The highest BCUT2D eigenvalue weighted by Gasteiger charge is 2.12. The Morgan fingerprint density at radius 1 is 1.00 bits per heavy atom. The Morgan fingerprint density at radius 3 is 2.37 bits per heavy atom. The Labute approximate surface area is 128 Å². The van der Waals surface area contributed by atoms with Crippen molar-refractivity contribution in [1.82, 2.24) is 9.97 Å². The van der Waals surface area contributed by atoms with E-state index in [1.807, 2.05) is 0 Å². The number of ether oxygens (including phenoxy) is 1. The van der Waals surface area contributed by atoms with Gasteiger partial charge in [-0.1, -0.05) is 46.4 Å². The van der Waals surface area contributed by atoms with E-state index in [-0.39, 0.29) is 27.6 Å². The van der Waals surface area contributed by atoms with Gasteiger partial charge in [-0.15, -0.1) is 0 Å². The third kappa shape index (κ3) is 3.32. The topological polar surface area (TPSA) is 73.1 Å². The number of hydrogen-bond donors (Lipinski definition) is 2. The molecule has 0 radical (unpaired) electrons. The number of nitrogens with one attached hydrogen (secondary N) is 1. The van der Waals surface area contributed by atoms with Crippen LogP contribution in [0.2, 0.25) is 20.1 Å². The van der Waals surface area contributed by atoms with Crippen LogP contribution in [0.15, 0.2) is 18.3 Å². The molecule has 1 heterocycles. The smallest absolute Gasteiger partial charge is 0.243 e. The van der Waals surface area contributed by atoms with Crippen LogP contribution in [0, 0.1) is 0 Å². The summed E-state index contributed by atoms with van der Waals surface area (Å²) in [5.41, 5.74) is 2.27. The highest BCUT2D eigenvalue weighted by atomic mass is 35.5. The van der Waals surface area contributed by atoms with Gasteiger partial charge in [0.15, 0.2) is 0 Å². The Hall–Kier alpha value is -0.980. The number of hydrogen-bond acceptors (Lipinski definition) is 5. The molecule has 0 bridgehead atoms. The first-order chi connectivity index (χ1) is 9.01. The van der Waals surface area contributed by atoms with Crippen LogP contribution in [0.4, 0.5) is 5.95 Å². The van der Waals surface area contributed by atoms with Gasteiger partial charge in [-0.25, -0.2) is 10.8 Å². The summed E-state index contributed by atoms with van der Waals surface area (Å²) in [4.78, 5) is 7.76. The zero-order valence-electron chi connectivity index (χ0n) is 9.12. The number of hydrazine groups is 1. The normalized spacial score (nSPS) is 10.4. The first kappa shape index (κ1) is 14.4. The molecule has 0 saturated heterocycles. The number of aromatic nitrogens is 2. The molecule has 100 valence electrons. The lowest BCUT2D eigenvalue weighted by Gasteiger charge is -2.10. The molecule has 0 aliphatic rings. The van der Waals surface area contributed by atoms with Crippen molar-refractivity contribution in [2.24, 2.45) is 5.84 Å². The van der Waals surface area contributed by atoms with E-state index in [2.05, 4.69) is 15.4 Å². The van der Waals surface area contributed by atoms with Crippen molar-refractivity contribution >= 4 is 52.4 Å². The van der Waals surface area contributed by atoms with Crippen LogP contribution in [0.25, 0.3) is 0 Å². The number of nitrogens with two attached hydrogens (primary N) is 1. The molecular formula is C10H6Cl4N4O. The Kier molecular flexibility index (Phi) is 4.54. The quantitative estimate of drug-likeness (QED) is 0.498. The van der Waals surface area contributed by atoms with Gasteiger partial charge in [0.05, 0.1) is 21.3 Å². The zero-order valence-corrected chi connectivity index (χ0v) is 12.1. The lowest BCUT2D eigenvalue weighted by atomic mass is 10.3. The third-order valence-electron chi connectivity index (χ3n) is 2.02. The average Bonchev–Trinajstić information content (AvgIpc) is 2.38. The molecule has 5 nitrogen and oxygen atoms in total. The summed E-state index contributed by atoms with van der Waals surface area (Å²) in [6.45, 7) is 0. The molecule has 2 rings (SSSR count). The molecule has 3 N–H and O–H groups in total. The first-order valence-corrected chi connectivity index (χ1v) is 6.34. The maximum absolute atomic E-state index is 5.98. The monoisotopic (exact) mass is 338 g/mol. The van der Waals surface area contributed by atoms with Gasteiger partial charge in [0.25, 0.3) is 0 Å². The molecule has 1 aromatic carbocycles. The molecule has 9 heteroatoms. The fourth-order valence-electron chi connectivity index (χ4n) is 1.18. The van der Waals surface area contributed by atoms with Crippen LogP contribution in [0.1, 0.15) is 0 Å². The molecule has 0 atom stereocenters. The van der Waals surface area contributed by atoms with Crippen LogP contribution in [0.3, 0.4) is 0 Å². The van der Waals surface area contributed by atoms with Crippen LogP contribution >= 0.6 is 46.4 Å². The van der Waals surface area contributed by atoms with Crippen LogP contribution in [-0.4, -0.2) is 9.97 Å². The van der Waals surface area contributed by atoms with E-state index in [9.17, 15) is 0 Å². The minimum Gasteiger partial charge on any atom is -0.436 e. The molecule has 0 aliphatic heterocycles. The van der Waals surface area contributed by atoms with Crippen molar-refractivity contribution < 1.29 is 4.74 Å². The van der Waals surface area contributed by atoms with E-state index < -0.39 is 0 Å². The van der Waals surface area contributed by atoms with E-state index in [4.69, 9.17) is 57.0 Å². The summed E-state index contributed by atoms with van der Waals surface area (Å²) < 4.78 is 5.46. The van der Waals surface area contributed by atoms with Crippen molar-refractivity contribution in [3.05, 3.63) is 38.4 Å². The fraction of sp³-hybridized carbons (Fsp3) is 0. The maximum Gasteiger partial charge on any atom is 0.243 e. The molecule has 1 aromatic heterocycles. The van der Waals surface area contributed by atoms with E-state index in [0.717, 1.165) is 0 Å². The van der Waals surface area contributed by atoms with Crippen molar-refractivity contribution in [2.45, 2.75) is 0 Å². The van der Waals surface area contributed by atoms with Gasteiger partial charge in [0.1, 0.15) is 10.8 Å². The van der Waals surface area contributed by atoms with Crippen molar-refractivity contribution in [3.63, 3.8) is 0 Å². The number of halogens is 4. The number of benzene rings is 1. The largest absolute Gasteiger partial charge is 0.436 e. The number of nitrogen functional groups attached to an aromatic ring is 1. The second-order valence-corrected chi connectivity index (χ2v) is 4.92. The molecular weight excluding hydrogens is 334 g/mol. The SMILES string of the molecule is NNc1ncc(Cl)c(Oc2cc(Cl)c(Cl)cc2Cl)n1. The molecule has 19 heavy (non-hydrogen) atoms. The third-order valence-corrected chi connectivity index (χ3v) is 3.30. The van der Waals surface area contributed by atoms with Crippen molar-refractivity contribution in [1.29, 1.82) is 0 Å². The Bertz CT molecular complexity index is 623. The van der Waals surface area contributed by atoms with E-state index in [0.29, 0.717) is 10.0 Å². The standard InChI is InChI=1S/C10H6Cl4N4O/c11-4-1-6(13)8(2-5(4)12)19-9-7(14)3-16-10(17-9)18-15/h1-3H,15H2,(H,16,17,18). The highest BCUT2D eigenvalue weighted by molar-refractivity contribution is 6.43. The minimum absolute atomic E-state index is 0.0879. The van der Waals surface area contributed by atoms with Gasteiger partial charge >= 0.3 is 0 Å². The predicted octanol–water partition coefficient (Wildman–Crippen LogP) is 4.17. The summed E-state index contributed by atoms with van der Waals surface area (Å²) in [5, 5.41) is 1.08. The van der Waals surface area contributed by atoms with Crippen LogP contribution in [-0.2, 0) is 0 Å². The second-order valence-electron chi connectivity index (χ2n) is 3.29. The molecule has 0 amide bonds. The van der Waals surface area contributed by atoms with Crippen LogP contribution in [0.5, 0.6) is 11.6 Å². The zero-order chi connectivity index (χ0) is 14.0. The summed E-state index contributed by atoms with van der Waals surface area (Å²) in [6.07, 6.45) is 1.34. The summed E-state index contributed by atoms with van der Waals surface area (Å²) in [5.74, 6) is 5.70. The number of nitrogens with zero attached hydrogens (tertiary/aromatic N) is 2. The lowest BCUT2D eigenvalue weighted by Crippen LogP contribution is -2.10. The van der Waals surface area contributed by atoms with Crippen LogP contribution < -0.4 is 16.0 Å². The van der Waals surface area contributed by atoms with E-state index in [1.54, 1.807) is 0 Å². The maximum atomic E-state index is 5.98. The minimum atomic E-state index is 0.0879. The molecule has 0 unspecified atom stereocenters. The fourth-order valence-corrected chi connectivity index (χ4v) is 1.88. The summed E-state index contributed by atoms with van der Waals surface area (Å²) in [7, 11) is 0. The Balaban J connectivity index is 2.38. The van der Waals surface area contributed by atoms with Gasteiger partial charge < -0.3 is 4.74 Å². The number of rotatable bonds is 3. The van der Waals surface area contributed by atoms with Crippen molar-refractivity contribution in [3.8, 4) is 11.6 Å². The van der Waals surface area contributed by atoms with Gasteiger partial charge in [0, 0.05) is 6.07 Å². The summed E-state index contributed by atoms with van der Waals surface area (Å²) in [6, 6.07) is 2.91. The molecule has 0 saturated carbocycles. The average molecular weight is 340 g/mol. The van der Waals surface area contributed by atoms with Gasteiger partial charge in [0.2, 0.25) is 11.8 Å². The Morgan fingerprint density at radius 2 is 1.68 bits per heavy atom. The van der Waals surface area contributed by atoms with Gasteiger partial charge in [-0.2, -0.15) is 4.98 Å². The summed E-state index contributed by atoms with van der Waals surface area (Å²) >= 11 is 23.6. The van der Waals surface area contributed by atoms with E-state index in [1.165, 1.54) is 18.3 Å². The second kappa shape index (κ2) is 5.98. The first-order valence-electron chi connectivity index (χ1n) is 4.83. The lowest BCUT2D eigenvalue weighted by molar-refractivity contribution is 0.463. The highest BCUT2D eigenvalue weighted by Crippen LogP contribution is 2.37. The predicted molar refractivity (Wildman–Crippen MR) is 76.4 cm³/mol. The van der Waals surface area contributed by atoms with Gasteiger partial charge in [-0.3, -0.25) is 5.43 Å². The molecule has 2 aromatic rings.